The Bertz CT molecular complexity index is 1570. The number of nitrogens with zero attached hydrogens (tertiary/aromatic N) is 1. The van der Waals surface area contributed by atoms with Gasteiger partial charge in [-0.15, -0.1) is 0 Å². The molecule has 0 bridgehead atoms. The average Bonchev–Trinajstić information content (AvgIpc) is 3.36. The Morgan fingerprint density at radius 3 is 1.16 bits per heavy atom. The second-order valence-corrected chi connectivity index (χ2v) is 22.5. The molecule has 0 aromatic rings. The van der Waals surface area contributed by atoms with Crippen molar-refractivity contribution in [1.82, 2.24) is 0 Å². The largest absolute Gasteiger partial charge is 0.472 e. The van der Waals surface area contributed by atoms with Crippen LogP contribution in [0.4, 0.5) is 0 Å². The van der Waals surface area contributed by atoms with Gasteiger partial charge in [-0.05, 0) is 96.3 Å². The molecule has 0 rings (SSSR count). The monoisotopic (exact) mass is 1050 g/mol. The number of hydrogen-bond donors (Lipinski definition) is 1. The lowest BCUT2D eigenvalue weighted by Crippen LogP contribution is -2.37. The van der Waals surface area contributed by atoms with Crippen molar-refractivity contribution in [2.75, 3.05) is 47.5 Å². The van der Waals surface area contributed by atoms with E-state index in [1.807, 2.05) is 21.1 Å². The number of rotatable bonds is 54. The Morgan fingerprint density at radius 2 is 0.770 bits per heavy atom. The molecule has 0 spiro atoms. The van der Waals surface area contributed by atoms with Crippen molar-refractivity contribution >= 4 is 19.8 Å². The molecule has 0 aliphatic heterocycles. The zero-order valence-electron chi connectivity index (χ0n) is 48.3. The van der Waals surface area contributed by atoms with Crippen LogP contribution in [0.1, 0.15) is 245 Å². The summed E-state index contributed by atoms with van der Waals surface area (Å²) in [6, 6.07) is 0. The molecular weight excluding hydrogens is 942 g/mol. The van der Waals surface area contributed by atoms with E-state index >= 15 is 0 Å². The molecule has 0 radical (unpaired) electrons. The summed E-state index contributed by atoms with van der Waals surface area (Å²) < 4.78 is 34.6. The third kappa shape index (κ3) is 58.2. The molecule has 1 N–H and O–H groups in total. The van der Waals surface area contributed by atoms with Crippen LogP contribution in [0.2, 0.25) is 0 Å². The normalized spacial score (nSPS) is 14.0. The van der Waals surface area contributed by atoms with Gasteiger partial charge in [-0.2, -0.15) is 0 Å². The average molecular weight is 1060 g/mol. The molecular formula is C64H113NO8P+. The first-order chi connectivity index (χ1) is 36.0. The molecule has 0 heterocycles. The maximum absolute atomic E-state index is 12.8. The number of phosphoric acid groups is 1. The number of carbonyl (C=O) groups is 2. The quantitative estimate of drug-likeness (QED) is 0.0211. The number of hydrogen-bond acceptors (Lipinski definition) is 7. The minimum atomic E-state index is -4.40. The molecule has 0 saturated carbocycles. The molecule has 74 heavy (non-hydrogen) atoms. The van der Waals surface area contributed by atoms with Gasteiger partial charge in [-0.25, -0.2) is 4.57 Å². The van der Waals surface area contributed by atoms with Gasteiger partial charge in [0.1, 0.15) is 19.8 Å². The molecule has 10 heteroatoms. The molecule has 0 aromatic carbocycles. The fourth-order valence-electron chi connectivity index (χ4n) is 7.99. The summed E-state index contributed by atoms with van der Waals surface area (Å²) in [5, 5.41) is 0. The van der Waals surface area contributed by atoms with Crippen LogP contribution in [0, 0.1) is 0 Å². The van der Waals surface area contributed by atoms with E-state index in [1.54, 1.807) is 0 Å². The second kappa shape index (κ2) is 54.7. The topological polar surface area (TPSA) is 108 Å². The van der Waals surface area contributed by atoms with Gasteiger partial charge in [0.2, 0.25) is 0 Å². The number of ether oxygens (including phenoxy) is 2. The molecule has 0 aromatic heterocycles. The zero-order chi connectivity index (χ0) is 54.2. The van der Waals surface area contributed by atoms with Crippen LogP contribution < -0.4 is 0 Å². The molecule has 2 unspecified atom stereocenters. The number of esters is 2. The van der Waals surface area contributed by atoms with E-state index in [0.29, 0.717) is 17.4 Å². The smallest absolute Gasteiger partial charge is 0.462 e. The van der Waals surface area contributed by atoms with Crippen molar-refractivity contribution < 1.29 is 42.1 Å². The van der Waals surface area contributed by atoms with Crippen molar-refractivity contribution in [2.45, 2.75) is 251 Å². The van der Waals surface area contributed by atoms with Gasteiger partial charge in [0, 0.05) is 12.8 Å². The first-order valence-electron chi connectivity index (χ1n) is 30.0. The summed E-state index contributed by atoms with van der Waals surface area (Å²) in [6.45, 7) is 4.30. The van der Waals surface area contributed by atoms with Crippen LogP contribution in [-0.2, 0) is 32.7 Å². The van der Waals surface area contributed by atoms with Crippen LogP contribution >= 0.6 is 7.82 Å². The molecule has 2 atom stereocenters. The Hall–Kier alpha value is -3.07. The van der Waals surface area contributed by atoms with E-state index < -0.39 is 26.5 Å². The maximum Gasteiger partial charge on any atom is 0.472 e. The summed E-state index contributed by atoms with van der Waals surface area (Å²) in [5.41, 5.74) is 0. The number of unbranched alkanes of at least 4 members (excludes halogenated alkanes) is 24. The Kier molecular flexibility index (Phi) is 52.4. The highest BCUT2D eigenvalue weighted by molar-refractivity contribution is 7.47. The standard InChI is InChI=1S/C64H112NO8P/c1-6-8-10-12-14-16-18-20-22-24-26-28-30-31-32-33-35-37-39-41-43-45-47-49-51-53-55-57-64(67)73-62(61-72-74(68,69)71-59-58-65(3,4)5)60-70-63(66)56-54-52-50-48-46-44-42-40-38-36-34-29-27-25-23-21-19-17-15-13-11-9-7-2/h8,10,14,16,20,22,25-28,31-32,35,37,41,43,62H,6-7,9,11-13,15,17-19,21,23-24,29-30,33-34,36,38-40,42,44-61H2,1-5H3/p+1/b10-8-,16-14-,22-20-,27-25-,28-26-,32-31-,37-35-,43-41-. The van der Waals surface area contributed by atoms with Crippen LogP contribution in [0.25, 0.3) is 0 Å². The van der Waals surface area contributed by atoms with Gasteiger partial charge in [0.05, 0.1) is 27.7 Å². The van der Waals surface area contributed by atoms with Crippen molar-refractivity contribution in [3.05, 3.63) is 97.2 Å². The lowest BCUT2D eigenvalue weighted by molar-refractivity contribution is -0.870. The lowest BCUT2D eigenvalue weighted by atomic mass is 10.0. The highest BCUT2D eigenvalue weighted by Gasteiger charge is 2.27. The summed E-state index contributed by atoms with van der Waals surface area (Å²) in [5.74, 6) is -0.821. The molecule has 0 amide bonds. The first-order valence-corrected chi connectivity index (χ1v) is 31.5. The van der Waals surface area contributed by atoms with Gasteiger partial charge >= 0.3 is 19.8 Å². The van der Waals surface area contributed by atoms with Crippen LogP contribution in [0.5, 0.6) is 0 Å². The number of carbonyl (C=O) groups excluding carboxylic acids is 2. The number of likely N-dealkylation sites (N-methyl/N-ethyl adjacent to an activating group) is 1. The van der Waals surface area contributed by atoms with E-state index in [9.17, 15) is 19.0 Å². The number of quaternary nitrogens is 1. The maximum atomic E-state index is 12.8. The molecule has 0 fully saturated rings. The van der Waals surface area contributed by atoms with Crippen molar-refractivity contribution in [3.63, 3.8) is 0 Å². The van der Waals surface area contributed by atoms with Crippen LogP contribution in [-0.4, -0.2) is 74.9 Å². The third-order valence-electron chi connectivity index (χ3n) is 12.6. The van der Waals surface area contributed by atoms with Crippen molar-refractivity contribution in [1.29, 1.82) is 0 Å². The van der Waals surface area contributed by atoms with E-state index in [2.05, 4.69) is 111 Å². The third-order valence-corrected chi connectivity index (χ3v) is 13.6. The van der Waals surface area contributed by atoms with E-state index in [-0.39, 0.29) is 32.0 Å². The van der Waals surface area contributed by atoms with Crippen LogP contribution in [0.15, 0.2) is 97.2 Å². The van der Waals surface area contributed by atoms with Crippen molar-refractivity contribution in [2.24, 2.45) is 0 Å². The van der Waals surface area contributed by atoms with Gasteiger partial charge in [-0.3, -0.25) is 18.6 Å². The summed E-state index contributed by atoms with van der Waals surface area (Å²) in [6.07, 6.45) is 74.7. The fraction of sp³-hybridized carbons (Fsp3) is 0.719. The SMILES string of the molecule is CC/C=C\C/C=C\C/C=C\C/C=C\C/C=C\C/C=C\C/C=C\CCCCCCCC(=O)OC(COC(=O)CCCCCCCCCCCCC/C=C\CCCCCCCCCC)COP(=O)(O)OCC[N+](C)(C)C. The second-order valence-electron chi connectivity index (χ2n) is 21.0. The summed E-state index contributed by atoms with van der Waals surface area (Å²) in [7, 11) is 1.45. The minimum Gasteiger partial charge on any atom is -0.462 e. The van der Waals surface area contributed by atoms with E-state index in [1.165, 1.54) is 116 Å². The predicted octanol–water partition coefficient (Wildman–Crippen LogP) is 18.8. The molecule has 0 saturated heterocycles. The summed E-state index contributed by atoms with van der Waals surface area (Å²) >= 11 is 0. The zero-order valence-corrected chi connectivity index (χ0v) is 49.2. The lowest BCUT2D eigenvalue weighted by Gasteiger charge is -2.24. The molecule has 9 nitrogen and oxygen atoms in total. The van der Waals surface area contributed by atoms with Gasteiger partial charge in [-0.1, -0.05) is 233 Å². The van der Waals surface area contributed by atoms with E-state index in [4.69, 9.17) is 18.5 Å². The predicted molar refractivity (Wildman–Crippen MR) is 316 cm³/mol. The number of allylic oxidation sites excluding steroid dienone is 16. The molecule has 0 aliphatic carbocycles. The Balaban J connectivity index is 4.23. The Morgan fingerprint density at radius 1 is 0.432 bits per heavy atom. The molecule has 426 valence electrons. The molecule has 0 aliphatic rings. The van der Waals surface area contributed by atoms with Crippen LogP contribution in [0.3, 0.4) is 0 Å². The number of phosphoric ester groups is 1. The highest BCUT2D eigenvalue weighted by atomic mass is 31.2. The van der Waals surface area contributed by atoms with Gasteiger partial charge < -0.3 is 18.9 Å². The Labute approximate surface area is 455 Å². The highest BCUT2D eigenvalue weighted by Crippen LogP contribution is 2.43. The fourth-order valence-corrected chi connectivity index (χ4v) is 8.73. The van der Waals surface area contributed by atoms with Gasteiger partial charge in [0.25, 0.3) is 0 Å². The van der Waals surface area contributed by atoms with E-state index in [0.717, 1.165) is 96.3 Å². The minimum absolute atomic E-state index is 0.0229. The van der Waals surface area contributed by atoms with Gasteiger partial charge in [0.15, 0.2) is 6.10 Å². The van der Waals surface area contributed by atoms with Crippen molar-refractivity contribution in [3.8, 4) is 0 Å². The first kappa shape index (κ1) is 70.9. The summed E-state index contributed by atoms with van der Waals surface area (Å²) in [4.78, 5) is 35.7.